The molecule has 81 valence electrons. The van der Waals surface area contributed by atoms with Gasteiger partial charge in [-0.05, 0) is 62.7 Å². The Bertz CT molecular complexity index is 174. The highest BCUT2D eigenvalue weighted by Gasteiger charge is 2.47. The van der Waals surface area contributed by atoms with E-state index < -0.39 is 0 Å². The summed E-state index contributed by atoms with van der Waals surface area (Å²) in [5.41, 5.74) is 0.707. The first-order valence-electron chi connectivity index (χ1n) is 6.60. The average molecular weight is 193 g/mol. The summed E-state index contributed by atoms with van der Waals surface area (Å²) in [4.78, 5) is 0. The maximum absolute atomic E-state index is 4.46. The van der Waals surface area contributed by atoms with Gasteiger partial charge in [-0.15, -0.1) is 0 Å². The number of hydrogen-bond donors (Lipinski definition) is 0. The molecule has 0 saturated heterocycles. The van der Waals surface area contributed by atoms with Gasteiger partial charge in [0.1, 0.15) is 0 Å². The topological polar surface area (TPSA) is 0 Å². The van der Waals surface area contributed by atoms with E-state index in [0.29, 0.717) is 5.41 Å². The lowest BCUT2D eigenvalue weighted by Gasteiger charge is -2.33. The third-order valence-electron chi connectivity index (χ3n) is 4.82. The molecule has 0 aromatic rings. The first-order valence-corrected chi connectivity index (χ1v) is 6.60. The molecule has 0 unspecified atom stereocenters. The molecule has 2 aliphatic rings. The van der Waals surface area contributed by atoms with Crippen LogP contribution in [0.2, 0.25) is 0 Å². The van der Waals surface area contributed by atoms with Crippen molar-refractivity contribution < 1.29 is 0 Å². The molecule has 1 atom stereocenters. The fourth-order valence-corrected chi connectivity index (χ4v) is 3.76. The minimum Gasteiger partial charge on any atom is -0.0654 e. The molecule has 0 nitrogen and oxygen atoms in total. The molecule has 0 amide bonds. The zero-order valence-electron chi connectivity index (χ0n) is 9.73. The van der Waals surface area contributed by atoms with Gasteiger partial charge in [-0.2, -0.15) is 0 Å². The van der Waals surface area contributed by atoms with E-state index in [1.54, 1.807) is 0 Å². The van der Waals surface area contributed by atoms with Crippen LogP contribution in [0.25, 0.3) is 0 Å². The van der Waals surface area contributed by atoms with E-state index in [-0.39, 0.29) is 0 Å². The SMILES string of the molecule is [CH2][C@H](CCCCC)C12CCC(CC1)C2. The van der Waals surface area contributed by atoms with E-state index in [1.165, 1.54) is 57.8 Å². The van der Waals surface area contributed by atoms with E-state index in [1.807, 2.05) is 0 Å². The number of unbranched alkanes of at least 4 members (excludes halogenated alkanes) is 2. The molecule has 2 fully saturated rings. The van der Waals surface area contributed by atoms with Gasteiger partial charge in [-0.25, -0.2) is 0 Å². The summed E-state index contributed by atoms with van der Waals surface area (Å²) < 4.78 is 0. The number of fused-ring (bicyclic) bond motifs is 2. The minimum atomic E-state index is 0.707. The summed E-state index contributed by atoms with van der Waals surface area (Å²) in [6, 6.07) is 0. The highest BCUT2D eigenvalue weighted by atomic mass is 14.5. The first kappa shape index (κ1) is 10.5. The van der Waals surface area contributed by atoms with E-state index >= 15 is 0 Å². The molecule has 2 bridgehead atoms. The van der Waals surface area contributed by atoms with Gasteiger partial charge in [0.15, 0.2) is 0 Å². The maximum atomic E-state index is 4.46. The zero-order valence-corrected chi connectivity index (χ0v) is 9.73. The lowest BCUT2D eigenvalue weighted by atomic mass is 9.72. The highest BCUT2D eigenvalue weighted by Crippen LogP contribution is 2.58. The largest absolute Gasteiger partial charge is 0.0654 e. The summed E-state index contributed by atoms with van der Waals surface area (Å²) in [6.07, 6.45) is 13.1. The molecule has 0 spiro atoms. The van der Waals surface area contributed by atoms with E-state index in [2.05, 4.69) is 13.8 Å². The molecule has 2 rings (SSSR count). The Morgan fingerprint density at radius 2 is 2.00 bits per heavy atom. The molecule has 14 heavy (non-hydrogen) atoms. The molecule has 1 radical (unpaired) electrons. The number of rotatable bonds is 5. The summed E-state index contributed by atoms with van der Waals surface area (Å²) in [6.45, 7) is 6.75. The van der Waals surface area contributed by atoms with Crippen molar-refractivity contribution >= 4 is 0 Å². The van der Waals surface area contributed by atoms with Gasteiger partial charge >= 0.3 is 0 Å². The lowest BCUT2D eigenvalue weighted by Crippen LogP contribution is -2.23. The molecule has 0 aromatic carbocycles. The predicted octanol–water partition coefficient (Wildman–Crippen LogP) is 4.60. The molecular formula is C14H25. The molecule has 2 saturated carbocycles. The minimum absolute atomic E-state index is 0.707. The molecule has 0 aliphatic heterocycles. The molecule has 2 aliphatic carbocycles. The van der Waals surface area contributed by atoms with Gasteiger partial charge in [0.2, 0.25) is 0 Å². The highest BCUT2D eigenvalue weighted by molar-refractivity contribution is 5.00. The lowest BCUT2D eigenvalue weighted by molar-refractivity contribution is 0.192. The molecule has 0 N–H and O–H groups in total. The Kier molecular flexibility index (Phi) is 3.19. The van der Waals surface area contributed by atoms with Crippen LogP contribution >= 0.6 is 0 Å². The van der Waals surface area contributed by atoms with Crippen LogP contribution in [0.1, 0.15) is 64.7 Å². The van der Waals surface area contributed by atoms with Gasteiger partial charge in [0.25, 0.3) is 0 Å². The Balaban J connectivity index is 1.81. The Labute approximate surface area is 89.5 Å². The van der Waals surface area contributed by atoms with Crippen molar-refractivity contribution in [3.63, 3.8) is 0 Å². The van der Waals surface area contributed by atoms with E-state index in [0.717, 1.165) is 11.8 Å². The van der Waals surface area contributed by atoms with Crippen LogP contribution in [0.5, 0.6) is 0 Å². The summed E-state index contributed by atoms with van der Waals surface area (Å²) in [7, 11) is 0. The normalized spacial score (nSPS) is 37.7. The van der Waals surface area contributed by atoms with E-state index in [9.17, 15) is 0 Å². The second kappa shape index (κ2) is 4.24. The van der Waals surface area contributed by atoms with Crippen molar-refractivity contribution in [3.05, 3.63) is 6.92 Å². The third-order valence-corrected chi connectivity index (χ3v) is 4.82. The summed E-state index contributed by atoms with van der Waals surface area (Å²) in [5, 5.41) is 0. The number of hydrogen-bond acceptors (Lipinski definition) is 0. The third kappa shape index (κ3) is 1.85. The van der Waals surface area contributed by atoms with Crippen molar-refractivity contribution in [1.82, 2.24) is 0 Å². The Morgan fingerprint density at radius 1 is 1.29 bits per heavy atom. The quantitative estimate of drug-likeness (QED) is 0.560. The van der Waals surface area contributed by atoms with Gasteiger partial charge in [-0.1, -0.05) is 26.2 Å². The summed E-state index contributed by atoms with van der Waals surface area (Å²) in [5.74, 6) is 1.85. The van der Waals surface area contributed by atoms with Gasteiger partial charge in [-0.3, -0.25) is 0 Å². The fraction of sp³-hybridized carbons (Fsp3) is 0.929. The van der Waals surface area contributed by atoms with Crippen molar-refractivity contribution in [2.24, 2.45) is 17.3 Å². The van der Waals surface area contributed by atoms with Crippen LogP contribution < -0.4 is 0 Å². The van der Waals surface area contributed by atoms with Crippen LogP contribution in [-0.2, 0) is 0 Å². The van der Waals surface area contributed by atoms with Crippen molar-refractivity contribution in [2.75, 3.05) is 0 Å². The average Bonchev–Trinajstić information content (AvgIpc) is 2.78. The predicted molar refractivity (Wildman–Crippen MR) is 62.0 cm³/mol. The molecule has 0 heterocycles. The van der Waals surface area contributed by atoms with Crippen LogP contribution in [0.3, 0.4) is 0 Å². The van der Waals surface area contributed by atoms with Gasteiger partial charge in [0, 0.05) is 0 Å². The Hall–Kier alpha value is 0. The monoisotopic (exact) mass is 193 g/mol. The van der Waals surface area contributed by atoms with Gasteiger partial charge in [0.05, 0.1) is 0 Å². The first-order chi connectivity index (χ1) is 6.77. The second-order valence-corrected chi connectivity index (χ2v) is 5.70. The molecular weight excluding hydrogens is 168 g/mol. The molecule has 0 heteroatoms. The van der Waals surface area contributed by atoms with Crippen molar-refractivity contribution in [3.8, 4) is 0 Å². The van der Waals surface area contributed by atoms with Gasteiger partial charge < -0.3 is 0 Å². The Morgan fingerprint density at radius 3 is 2.50 bits per heavy atom. The van der Waals surface area contributed by atoms with Crippen LogP contribution in [0, 0.1) is 24.2 Å². The van der Waals surface area contributed by atoms with Crippen molar-refractivity contribution in [1.29, 1.82) is 0 Å². The summed E-state index contributed by atoms with van der Waals surface area (Å²) >= 11 is 0. The van der Waals surface area contributed by atoms with Crippen LogP contribution in [-0.4, -0.2) is 0 Å². The standard InChI is InChI=1S/C14H25/c1-3-4-5-6-12(2)14-9-7-13(11-14)8-10-14/h12-13H,2-11H2,1H3/t12-,13?,14?/m1/s1. The van der Waals surface area contributed by atoms with Crippen LogP contribution in [0.15, 0.2) is 0 Å². The smallest absolute Gasteiger partial charge is 0.0266 e. The van der Waals surface area contributed by atoms with Crippen molar-refractivity contribution in [2.45, 2.75) is 64.7 Å². The van der Waals surface area contributed by atoms with E-state index in [4.69, 9.17) is 0 Å². The van der Waals surface area contributed by atoms with Crippen LogP contribution in [0.4, 0.5) is 0 Å². The maximum Gasteiger partial charge on any atom is -0.0266 e. The fourth-order valence-electron chi connectivity index (χ4n) is 3.76. The second-order valence-electron chi connectivity index (χ2n) is 5.70. The molecule has 0 aromatic heterocycles. The zero-order chi connectivity index (χ0) is 10.0.